The highest BCUT2D eigenvalue weighted by Gasteiger charge is 2.52. The number of hydrogen-bond acceptors (Lipinski definition) is 6. The molecule has 0 atom stereocenters. The van der Waals surface area contributed by atoms with Crippen LogP contribution in [0, 0.1) is 0 Å². The lowest BCUT2D eigenvalue weighted by molar-refractivity contribution is -0.144. The van der Waals surface area contributed by atoms with E-state index in [4.69, 9.17) is 4.74 Å². The molecule has 1 saturated carbocycles. The Morgan fingerprint density at radius 1 is 0.967 bits per heavy atom. The van der Waals surface area contributed by atoms with Gasteiger partial charge in [-0.2, -0.15) is 0 Å². The number of amides is 5. The molecule has 1 saturated heterocycles. The topological polar surface area (TPSA) is 113 Å². The Balaban J connectivity index is 1.19. The summed E-state index contributed by atoms with van der Waals surface area (Å²) in [5, 5.41) is 2.80. The van der Waals surface area contributed by atoms with Crippen LogP contribution in [0.25, 0.3) is 0 Å². The molecule has 2 fully saturated rings. The molecule has 9 heteroatoms. The Morgan fingerprint density at radius 2 is 1.60 bits per heavy atom. The lowest BCUT2D eigenvalue weighted by atomic mass is 9.98. The summed E-state index contributed by atoms with van der Waals surface area (Å²) in [4.78, 5) is 63.4. The second-order valence-corrected chi connectivity index (χ2v) is 7.81. The van der Waals surface area contributed by atoms with Crippen molar-refractivity contribution in [1.82, 2.24) is 15.1 Å². The van der Waals surface area contributed by atoms with Gasteiger partial charge in [-0.3, -0.25) is 29.0 Å². The summed E-state index contributed by atoms with van der Waals surface area (Å²) >= 11 is 0. The highest BCUT2D eigenvalue weighted by atomic mass is 16.5. The Kier molecular flexibility index (Phi) is 5.27. The number of fused-ring (bicyclic) bond motifs is 1. The number of esters is 1. The molecule has 4 rings (SSSR count). The Labute approximate surface area is 173 Å². The van der Waals surface area contributed by atoms with E-state index < -0.39 is 29.4 Å². The van der Waals surface area contributed by atoms with Crippen LogP contribution in [-0.2, 0) is 14.3 Å². The molecule has 1 spiro atoms. The fourth-order valence-corrected chi connectivity index (χ4v) is 4.34. The third-order valence-electron chi connectivity index (χ3n) is 5.92. The monoisotopic (exact) mass is 413 g/mol. The normalized spacial score (nSPS) is 19.6. The van der Waals surface area contributed by atoms with Crippen molar-refractivity contribution in [2.24, 2.45) is 0 Å². The first-order chi connectivity index (χ1) is 14.4. The van der Waals surface area contributed by atoms with Crippen LogP contribution in [0.4, 0.5) is 4.79 Å². The van der Waals surface area contributed by atoms with E-state index in [1.54, 1.807) is 24.3 Å². The van der Waals surface area contributed by atoms with E-state index in [1.165, 1.54) is 4.90 Å². The van der Waals surface area contributed by atoms with Crippen LogP contribution >= 0.6 is 0 Å². The summed E-state index contributed by atoms with van der Waals surface area (Å²) < 4.78 is 5.12. The summed E-state index contributed by atoms with van der Waals surface area (Å²) in [7, 11) is 0. The molecule has 5 amide bonds. The molecule has 3 aliphatic rings. The number of carbonyl (C=O) groups excluding carboxylic acids is 5. The number of rotatable bonds is 7. The largest absolute Gasteiger partial charge is 0.464 e. The van der Waals surface area contributed by atoms with Crippen LogP contribution in [0.1, 0.15) is 59.2 Å². The van der Waals surface area contributed by atoms with Crippen molar-refractivity contribution in [3.8, 4) is 0 Å². The fourth-order valence-electron chi connectivity index (χ4n) is 4.34. The lowest BCUT2D eigenvalue weighted by Gasteiger charge is -2.19. The zero-order valence-electron chi connectivity index (χ0n) is 16.5. The Hall–Kier alpha value is -3.23. The van der Waals surface area contributed by atoms with Crippen LogP contribution < -0.4 is 5.32 Å². The van der Waals surface area contributed by atoms with Crippen molar-refractivity contribution in [2.75, 3.05) is 19.7 Å². The molecule has 1 aromatic carbocycles. The zero-order chi connectivity index (χ0) is 21.3. The van der Waals surface area contributed by atoms with Crippen LogP contribution in [-0.4, -0.2) is 64.8 Å². The standard InChI is InChI=1S/C21H23N3O6/c25-16(8-5-11-24-19(28)21(22-20(24)29)9-3-4-10-21)30-13-12-23-17(26)14-6-1-2-7-15(14)18(23)27/h1-2,6-7H,3-5,8-13H2,(H,22,29). The number of nitrogens with one attached hydrogen (secondary N) is 1. The molecule has 0 unspecified atom stereocenters. The summed E-state index contributed by atoms with van der Waals surface area (Å²) in [6, 6.07) is 6.15. The van der Waals surface area contributed by atoms with E-state index in [9.17, 15) is 24.0 Å². The average molecular weight is 413 g/mol. The van der Waals surface area contributed by atoms with Crippen molar-refractivity contribution in [3.63, 3.8) is 0 Å². The van der Waals surface area contributed by atoms with Crippen molar-refractivity contribution >= 4 is 29.7 Å². The quantitative estimate of drug-likeness (QED) is 0.411. The molecule has 0 aromatic heterocycles. The number of hydrogen-bond donors (Lipinski definition) is 1. The maximum Gasteiger partial charge on any atom is 0.325 e. The summed E-state index contributed by atoms with van der Waals surface area (Å²) in [5.74, 6) is -1.50. The minimum absolute atomic E-state index is 0.0202. The fraction of sp³-hybridized carbons (Fsp3) is 0.476. The summed E-state index contributed by atoms with van der Waals surface area (Å²) in [6.45, 7) is 0.0318. The number of benzene rings is 1. The van der Waals surface area contributed by atoms with Crippen LogP contribution in [0.2, 0.25) is 0 Å². The number of ether oxygens (including phenoxy) is 1. The van der Waals surface area contributed by atoms with E-state index in [0.717, 1.165) is 17.7 Å². The maximum absolute atomic E-state index is 12.5. The van der Waals surface area contributed by atoms with Gasteiger partial charge in [0.15, 0.2) is 0 Å². The van der Waals surface area contributed by atoms with Gasteiger partial charge in [0.2, 0.25) is 0 Å². The number of urea groups is 1. The maximum atomic E-state index is 12.5. The van der Waals surface area contributed by atoms with Gasteiger partial charge in [0.25, 0.3) is 17.7 Å². The third-order valence-corrected chi connectivity index (χ3v) is 5.92. The van der Waals surface area contributed by atoms with Gasteiger partial charge in [-0.05, 0) is 31.4 Å². The molecule has 2 aliphatic heterocycles. The molecule has 1 aromatic rings. The Bertz CT molecular complexity index is 886. The summed E-state index contributed by atoms with van der Waals surface area (Å²) in [5.41, 5.74) is -0.0471. The van der Waals surface area contributed by atoms with Crippen molar-refractivity contribution in [3.05, 3.63) is 35.4 Å². The molecular weight excluding hydrogens is 390 g/mol. The predicted molar refractivity (Wildman–Crippen MR) is 103 cm³/mol. The third kappa shape index (κ3) is 3.44. The van der Waals surface area contributed by atoms with E-state index in [-0.39, 0.29) is 32.0 Å². The first-order valence-electron chi connectivity index (χ1n) is 10.2. The average Bonchev–Trinajstić information content (AvgIpc) is 3.37. The van der Waals surface area contributed by atoms with Crippen LogP contribution in [0.5, 0.6) is 0 Å². The van der Waals surface area contributed by atoms with Gasteiger partial charge < -0.3 is 10.1 Å². The molecule has 1 aliphatic carbocycles. The molecule has 0 radical (unpaired) electrons. The highest BCUT2D eigenvalue weighted by molar-refractivity contribution is 6.21. The van der Waals surface area contributed by atoms with Gasteiger partial charge >= 0.3 is 12.0 Å². The van der Waals surface area contributed by atoms with E-state index in [1.807, 2.05) is 0 Å². The molecule has 9 nitrogen and oxygen atoms in total. The van der Waals surface area contributed by atoms with Crippen molar-refractivity contribution in [1.29, 1.82) is 0 Å². The molecule has 0 bridgehead atoms. The van der Waals surface area contributed by atoms with Gasteiger partial charge in [-0.15, -0.1) is 0 Å². The lowest BCUT2D eigenvalue weighted by Crippen LogP contribution is -2.44. The van der Waals surface area contributed by atoms with Crippen LogP contribution in [0.3, 0.4) is 0 Å². The highest BCUT2D eigenvalue weighted by Crippen LogP contribution is 2.35. The zero-order valence-corrected chi connectivity index (χ0v) is 16.5. The number of nitrogens with zero attached hydrogens (tertiary/aromatic N) is 2. The number of carbonyl (C=O) groups is 5. The van der Waals surface area contributed by atoms with Gasteiger partial charge in [0.1, 0.15) is 12.1 Å². The van der Waals surface area contributed by atoms with Crippen LogP contribution in [0.15, 0.2) is 24.3 Å². The first-order valence-corrected chi connectivity index (χ1v) is 10.2. The minimum Gasteiger partial charge on any atom is -0.464 e. The Morgan fingerprint density at radius 3 is 2.23 bits per heavy atom. The van der Waals surface area contributed by atoms with Gasteiger partial charge in [-0.25, -0.2) is 4.79 Å². The second kappa shape index (κ2) is 7.89. The first kappa shape index (κ1) is 20.1. The smallest absolute Gasteiger partial charge is 0.325 e. The number of imide groups is 2. The SMILES string of the molecule is O=C(CCCN1C(=O)NC2(CCCC2)C1=O)OCCN1C(=O)c2ccccc2C1=O. The molecule has 2 heterocycles. The van der Waals surface area contributed by atoms with E-state index >= 15 is 0 Å². The second-order valence-electron chi connectivity index (χ2n) is 7.81. The molecule has 30 heavy (non-hydrogen) atoms. The van der Waals surface area contributed by atoms with Gasteiger partial charge in [-0.1, -0.05) is 25.0 Å². The molecule has 1 N–H and O–H groups in total. The van der Waals surface area contributed by atoms with E-state index in [0.29, 0.717) is 30.4 Å². The van der Waals surface area contributed by atoms with Gasteiger partial charge in [0.05, 0.1) is 17.7 Å². The molecular formula is C21H23N3O6. The van der Waals surface area contributed by atoms with E-state index in [2.05, 4.69) is 5.32 Å². The summed E-state index contributed by atoms with van der Waals surface area (Å²) in [6.07, 6.45) is 3.48. The van der Waals surface area contributed by atoms with Crippen molar-refractivity contribution in [2.45, 2.75) is 44.1 Å². The molecule has 158 valence electrons. The van der Waals surface area contributed by atoms with Crippen molar-refractivity contribution < 1.29 is 28.7 Å². The minimum atomic E-state index is -0.746. The van der Waals surface area contributed by atoms with Gasteiger partial charge in [0, 0.05) is 13.0 Å². The predicted octanol–water partition coefficient (Wildman–Crippen LogP) is 1.47.